The Balaban J connectivity index is 1.34. The molecule has 148 valence electrons. The van der Waals surface area contributed by atoms with Crippen LogP contribution in [0.25, 0.3) is 0 Å². The number of thiazole rings is 1. The van der Waals surface area contributed by atoms with Crippen LogP contribution in [0.4, 0.5) is 8.78 Å². The number of hydrogen-bond donors (Lipinski definition) is 0. The second kappa shape index (κ2) is 6.77. The van der Waals surface area contributed by atoms with Gasteiger partial charge < -0.3 is 14.5 Å². The lowest BCUT2D eigenvalue weighted by Gasteiger charge is -2.48. The number of likely N-dealkylation sites (tertiary alicyclic amines) is 1. The van der Waals surface area contributed by atoms with Crippen molar-refractivity contribution in [3.8, 4) is 0 Å². The zero-order chi connectivity index (χ0) is 19.2. The molecule has 1 aromatic rings. The van der Waals surface area contributed by atoms with Gasteiger partial charge in [0.15, 0.2) is 0 Å². The zero-order valence-electron chi connectivity index (χ0n) is 15.2. The van der Waals surface area contributed by atoms with Gasteiger partial charge in [-0.3, -0.25) is 9.59 Å². The molecule has 2 saturated heterocycles. The molecule has 27 heavy (non-hydrogen) atoms. The fraction of sp³-hybridized carbons (Fsp3) is 0.722. The largest absolute Gasteiger partial charge is 0.363 e. The van der Waals surface area contributed by atoms with Gasteiger partial charge in [0.05, 0.1) is 29.4 Å². The van der Waals surface area contributed by atoms with E-state index in [1.54, 1.807) is 21.1 Å². The molecule has 4 rings (SSSR count). The monoisotopic (exact) mass is 399 g/mol. The maximum absolute atomic E-state index is 13.0. The van der Waals surface area contributed by atoms with Crippen molar-refractivity contribution >= 4 is 23.2 Å². The van der Waals surface area contributed by atoms with Crippen LogP contribution < -0.4 is 0 Å². The molecule has 9 heteroatoms. The van der Waals surface area contributed by atoms with Crippen molar-refractivity contribution in [3.63, 3.8) is 0 Å². The minimum atomic E-state index is -2.68. The van der Waals surface area contributed by atoms with Crippen LogP contribution in [0.1, 0.15) is 36.4 Å². The summed E-state index contributed by atoms with van der Waals surface area (Å²) in [5, 5.41) is 2.93. The van der Waals surface area contributed by atoms with Gasteiger partial charge in [0.25, 0.3) is 0 Å². The highest BCUT2D eigenvalue weighted by Crippen LogP contribution is 2.44. The molecule has 3 fully saturated rings. The number of hydrogen-bond acceptors (Lipinski definition) is 5. The fourth-order valence-electron chi connectivity index (χ4n) is 4.14. The van der Waals surface area contributed by atoms with E-state index in [0.717, 1.165) is 10.7 Å². The summed E-state index contributed by atoms with van der Waals surface area (Å²) < 4.78 is 31.9. The Bertz CT molecular complexity index is 738. The van der Waals surface area contributed by atoms with Gasteiger partial charge in [0.1, 0.15) is 6.61 Å². The standard InChI is InChI=1S/C18H23F2N3O3S/c1-12-21-14(10-27-12)8-23-11-17(26-9-15(23)24)2-4-22(5-3-17)16(25)13-6-18(19,20)7-13/h10,13H,2-9,11H2,1H3. The van der Waals surface area contributed by atoms with Crippen molar-refractivity contribution in [2.45, 2.75) is 50.7 Å². The van der Waals surface area contributed by atoms with Gasteiger partial charge in [-0.2, -0.15) is 0 Å². The van der Waals surface area contributed by atoms with E-state index in [9.17, 15) is 18.4 Å². The SMILES string of the molecule is Cc1nc(CN2CC3(CCN(C(=O)C4CC(F)(F)C4)CC3)OCC2=O)cs1. The van der Waals surface area contributed by atoms with E-state index in [-0.39, 0.29) is 31.3 Å². The van der Waals surface area contributed by atoms with Crippen molar-refractivity contribution in [2.24, 2.45) is 5.92 Å². The number of nitrogens with zero attached hydrogens (tertiary/aromatic N) is 3. The Morgan fingerprint density at radius 2 is 2.07 bits per heavy atom. The lowest BCUT2D eigenvalue weighted by atomic mass is 9.79. The van der Waals surface area contributed by atoms with Crippen LogP contribution in [0.15, 0.2) is 5.38 Å². The number of piperidine rings is 1. The van der Waals surface area contributed by atoms with Crippen LogP contribution in [0, 0.1) is 12.8 Å². The summed E-state index contributed by atoms with van der Waals surface area (Å²) in [5.74, 6) is -3.45. The molecule has 3 heterocycles. The first-order valence-corrected chi connectivity index (χ1v) is 10.1. The summed E-state index contributed by atoms with van der Waals surface area (Å²) in [7, 11) is 0. The van der Waals surface area contributed by atoms with Gasteiger partial charge in [-0.25, -0.2) is 13.8 Å². The lowest BCUT2D eigenvalue weighted by molar-refractivity contribution is -0.179. The van der Waals surface area contributed by atoms with Crippen LogP contribution >= 0.6 is 11.3 Å². The average Bonchev–Trinajstić information content (AvgIpc) is 3.01. The van der Waals surface area contributed by atoms with Crippen LogP contribution in [-0.4, -0.2) is 64.4 Å². The van der Waals surface area contributed by atoms with E-state index < -0.39 is 17.4 Å². The number of ether oxygens (including phenoxy) is 1. The molecule has 0 N–H and O–H groups in total. The third-order valence-electron chi connectivity index (χ3n) is 5.78. The maximum Gasteiger partial charge on any atom is 0.249 e. The second-order valence-corrected chi connectivity index (χ2v) is 8.93. The van der Waals surface area contributed by atoms with Crippen LogP contribution in [-0.2, 0) is 20.9 Å². The quantitative estimate of drug-likeness (QED) is 0.782. The molecule has 0 atom stereocenters. The van der Waals surface area contributed by atoms with Gasteiger partial charge in [0.2, 0.25) is 17.7 Å². The summed E-state index contributed by atoms with van der Waals surface area (Å²) in [4.78, 5) is 32.5. The van der Waals surface area contributed by atoms with Gasteiger partial charge >= 0.3 is 0 Å². The highest BCUT2D eigenvalue weighted by Gasteiger charge is 2.51. The van der Waals surface area contributed by atoms with E-state index in [0.29, 0.717) is 39.0 Å². The molecule has 0 aromatic carbocycles. The van der Waals surface area contributed by atoms with Gasteiger partial charge in [-0.15, -0.1) is 11.3 Å². The van der Waals surface area contributed by atoms with Crippen LogP contribution in [0.5, 0.6) is 0 Å². The molecule has 2 aliphatic heterocycles. The third-order valence-corrected chi connectivity index (χ3v) is 6.60. The van der Waals surface area contributed by atoms with E-state index in [4.69, 9.17) is 4.74 Å². The molecule has 2 amide bonds. The van der Waals surface area contributed by atoms with Crippen molar-refractivity contribution < 1.29 is 23.1 Å². The molecule has 0 unspecified atom stereocenters. The predicted octanol–water partition coefficient (Wildman–Crippen LogP) is 2.22. The molecule has 3 aliphatic rings. The number of amides is 2. The first kappa shape index (κ1) is 18.7. The van der Waals surface area contributed by atoms with Crippen molar-refractivity contribution in [2.75, 3.05) is 26.2 Å². The Labute approximate surface area is 160 Å². The smallest absolute Gasteiger partial charge is 0.249 e. The summed E-state index contributed by atoms with van der Waals surface area (Å²) in [6.07, 6.45) is 0.558. The second-order valence-electron chi connectivity index (χ2n) is 7.87. The molecule has 1 aliphatic carbocycles. The van der Waals surface area contributed by atoms with Gasteiger partial charge in [-0.1, -0.05) is 0 Å². The lowest BCUT2D eigenvalue weighted by Crippen LogP contribution is -2.60. The number of alkyl halides is 2. The van der Waals surface area contributed by atoms with Crippen molar-refractivity contribution in [3.05, 3.63) is 16.1 Å². The first-order valence-electron chi connectivity index (χ1n) is 9.25. The van der Waals surface area contributed by atoms with E-state index >= 15 is 0 Å². The number of aryl methyl sites for hydroxylation is 1. The van der Waals surface area contributed by atoms with Crippen molar-refractivity contribution in [1.82, 2.24) is 14.8 Å². The Morgan fingerprint density at radius 1 is 1.37 bits per heavy atom. The summed E-state index contributed by atoms with van der Waals surface area (Å²) in [6.45, 7) is 3.88. The van der Waals surface area contributed by atoms with Crippen molar-refractivity contribution in [1.29, 1.82) is 0 Å². The molecular weight excluding hydrogens is 376 g/mol. The minimum Gasteiger partial charge on any atom is -0.363 e. The average molecular weight is 399 g/mol. The molecule has 1 spiro atoms. The molecule has 1 aromatic heterocycles. The number of carbonyl (C=O) groups excluding carboxylic acids is 2. The van der Waals surface area contributed by atoms with Gasteiger partial charge in [-0.05, 0) is 19.8 Å². The van der Waals surface area contributed by atoms with E-state index in [2.05, 4.69) is 4.98 Å². The van der Waals surface area contributed by atoms with Gasteiger partial charge in [0, 0.05) is 37.2 Å². The van der Waals surface area contributed by atoms with Crippen LogP contribution in [0.3, 0.4) is 0 Å². The molecular formula is C18H23F2N3O3S. The number of halogens is 2. The van der Waals surface area contributed by atoms with Crippen LogP contribution in [0.2, 0.25) is 0 Å². The molecule has 0 bridgehead atoms. The Hall–Kier alpha value is -1.61. The predicted molar refractivity (Wildman–Crippen MR) is 94.4 cm³/mol. The van der Waals surface area contributed by atoms with E-state index in [1.807, 2.05) is 12.3 Å². The summed E-state index contributed by atoms with van der Waals surface area (Å²) >= 11 is 1.56. The maximum atomic E-state index is 13.0. The number of aromatic nitrogens is 1. The zero-order valence-corrected chi connectivity index (χ0v) is 16.1. The number of carbonyl (C=O) groups is 2. The molecule has 1 saturated carbocycles. The summed E-state index contributed by atoms with van der Waals surface area (Å²) in [6, 6.07) is 0. The number of morpholine rings is 1. The molecule has 0 radical (unpaired) electrons. The highest BCUT2D eigenvalue weighted by atomic mass is 32.1. The van der Waals surface area contributed by atoms with E-state index in [1.165, 1.54) is 0 Å². The first-order chi connectivity index (χ1) is 12.8. The normalized spacial score (nSPS) is 24.9. The third kappa shape index (κ3) is 3.85. The Kier molecular flexibility index (Phi) is 4.70. The Morgan fingerprint density at radius 3 is 2.67 bits per heavy atom. The highest BCUT2D eigenvalue weighted by molar-refractivity contribution is 7.09. The fourth-order valence-corrected chi connectivity index (χ4v) is 4.74. The topological polar surface area (TPSA) is 62.7 Å². The summed E-state index contributed by atoms with van der Waals surface area (Å²) in [5.41, 5.74) is 0.417. The molecule has 6 nitrogen and oxygen atoms in total. The minimum absolute atomic E-state index is 0.0336. The number of rotatable bonds is 3.